The molecule has 0 aliphatic carbocycles. The molecule has 1 aromatic rings. The number of hydrogen-bond acceptors (Lipinski definition) is 4. The van der Waals surface area contributed by atoms with E-state index in [-0.39, 0.29) is 5.88 Å². The van der Waals surface area contributed by atoms with Gasteiger partial charge in [0.1, 0.15) is 11.4 Å². The van der Waals surface area contributed by atoms with Gasteiger partial charge in [-0.1, -0.05) is 6.92 Å². The molecule has 56 valence electrons. The number of rotatable bonds is 1. The summed E-state index contributed by atoms with van der Waals surface area (Å²) >= 11 is 0. The normalized spacial score (nSPS) is 10.1. The van der Waals surface area contributed by atoms with E-state index in [0.29, 0.717) is 23.6 Å². The third kappa shape index (κ3) is 0.775. The van der Waals surface area contributed by atoms with Crippen LogP contribution >= 0.6 is 0 Å². The molecule has 1 aromatic heterocycles. The van der Waals surface area contributed by atoms with Crippen LogP contribution in [-0.4, -0.2) is 0 Å². The second kappa shape index (κ2) is 2.13. The van der Waals surface area contributed by atoms with Gasteiger partial charge >= 0.3 is 0 Å². The summed E-state index contributed by atoms with van der Waals surface area (Å²) in [6.45, 7) is 1.92. The molecular formula is C6H11N3O. The highest BCUT2D eigenvalue weighted by Crippen LogP contribution is 2.29. The van der Waals surface area contributed by atoms with Crippen molar-refractivity contribution in [3.05, 3.63) is 5.76 Å². The summed E-state index contributed by atoms with van der Waals surface area (Å²) in [7, 11) is 0. The van der Waals surface area contributed by atoms with Crippen molar-refractivity contribution in [2.24, 2.45) is 0 Å². The van der Waals surface area contributed by atoms with E-state index in [9.17, 15) is 0 Å². The Morgan fingerprint density at radius 3 is 2.00 bits per heavy atom. The van der Waals surface area contributed by atoms with E-state index >= 15 is 0 Å². The molecule has 0 aliphatic rings. The summed E-state index contributed by atoms with van der Waals surface area (Å²) < 4.78 is 5.02. The van der Waals surface area contributed by atoms with Crippen LogP contribution in [0.1, 0.15) is 12.7 Å². The van der Waals surface area contributed by atoms with Crippen LogP contribution in [0, 0.1) is 0 Å². The molecule has 6 N–H and O–H groups in total. The van der Waals surface area contributed by atoms with E-state index in [1.54, 1.807) is 0 Å². The van der Waals surface area contributed by atoms with Crippen molar-refractivity contribution in [1.82, 2.24) is 0 Å². The molecule has 1 heterocycles. The van der Waals surface area contributed by atoms with Crippen molar-refractivity contribution in [3.63, 3.8) is 0 Å². The highest BCUT2D eigenvalue weighted by Gasteiger charge is 2.10. The topological polar surface area (TPSA) is 91.2 Å². The molecule has 0 saturated carbocycles. The summed E-state index contributed by atoms with van der Waals surface area (Å²) in [4.78, 5) is 0. The first kappa shape index (κ1) is 6.80. The van der Waals surface area contributed by atoms with E-state index in [0.717, 1.165) is 0 Å². The largest absolute Gasteiger partial charge is 0.441 e. The average molecular weight is 141 g/mol. The maximum Gasteiger partial charge on any atom is 0.215 e. The van der Waals surface area contributed by atoms with Crippen molar-refractivity contribution >= 4 is 17.3 Å². The van der Waals surface area contributed by atoms with Gasteiger partial charge in [0.05, 0.1) is 5.69 Å². The minimum atomic E-state index is 0.217. The van der Waals surface area contributed by atoms with Gasteiger partial charge in [0.25, 0.3) is 0 Å². The highest BCUT2D eigenvalue weighted by molar-refractivity contribution is 5.75. The lowest BCUT2D eigenvalue weighted by atomic mass is 10.3. The molecule has 0 unspecified atom stereocenters. The van der Waals surface area contributed by atoms with Gasteiger partial charge in [0.15, 0.2) is 0 Å². The van der Waals surface area contributed by atoms with Gasteiger partial charge in [-0.25, -0.2) is 0 Å². The van der Waals surface area contributed by atoms with Crippen molar-refractivity contribution < 1.29 is 4.42 Å². The van der Waals surface area contributed by atoms with E-state index in [4.69, 9.17) is 21.6 Å². The van der Waals surface area contributed by atoms with Crippen LogP contribution < -0.4 is 17.2 Å². The Balaban J connectivity index is 3.17. The molecule has 0 aliphatic heterocycles. The van der Waals surface area contributed by atoms with Gasteiger partial charge in [-0.2, -0.15) is 0 Å². The lowest BCUT2D eigenvalue weighted by molar-refractivity contribution is 0.536. The number of anilines is 3. The zero-order valence-corrected chi connectivity index (χ0v) is 5.85. The maximum atomic E-state index is 5.52. The van der Waals surface area contributed by atoms with Gasteiger partial charge in [-0.15, -0.1) is 0 Å². The molecule has 0 spiro atoms. The molecular weight excluding hydrogens is 130 g/mol. The van der Waals surface area contributed by atoms with Crippen LogP contribution in [-0.2, 0) is 6.42 Å². The van der Waals surface area contributed by atoms with Gasteiger partial charge in [-0.05, 0) is 0 Å². The molecule has 0 fully saturated rings. The Bertz CT molecular complexity index is 241. The second-order valence-corrected chi connectivity index (χ2v) is 2.07. The summed E-state index contributed by atoms with van der Waals surface area (Å²) in [5.74, 6) is 0.879. The van der Waals surface area contributed by atoms with Crippen LogP contribution in [0.5, 0.6) is 0 Å². The molecule has 0 amide bonds. The number of nitrogens with two attached hydrogens (primary N) is 3. The SMILES string of the molecule is CCc1oc(N)c(N)c1N. The second-order valence-electron chi connectivity index (χ2n) is 2.07. The maximum absolute atomic E-state index is 5.52. The van der Waals surface area contributed by atoms with E-state index in [2.05, 4.69) is 0 Å². The Morgan fingerprint density at radius 1 is 1.20 bits per heavy atom. The monoisotopic (exact) mass is 141 g/mol. The quantitative estimate of drug-likeness (QED) is 0.533. The lowest BCUT2D eigenvalue weighted by Gasteiger charge is -1.89. The van der Waals surface area contributed by atoms with E-state index in [1.165, 1.54) is 0 Å². The summed E-state index contributed by atoms with van der Waals surface area (Å²) in [5, 5.41) is 0. The molecule has 0 radical (unpaired) electrons. The summed E-state index contributed by atoms with van der Waals surface area (Å²) in [6.07, 6.45) is 0.716. The zero-order valence-electron chi connectivity index (χ0n) is 5.85. The van der Waals surface area contributed by atoms with Crippen LogP contribution in [0.4, 0.5) is 17.3 Å². The molecule has 0 bridgehead atoms. The number of nitrogen functional groups attached to an aromatic ring is 3. The van der Waals surface area contributed by atoms with E-state index in [1.807, 2.05) is 6.92 Å². The van der Waals surface area contributed by atoms with Crippen molar-refractivity contribution in [2.45, 2.75) is 13.3 Å². The molecule has 0 atom stereocenters. The Hall–Kier alpha value is -1.32. The molecule has 4 nitrogen and oxygen atoms in total. The van der Waals surface area contributed by atoms with Gasteiger partial charge in [0, 0.05) is 6.42 Å². The fourth-order valence-corrected chi connectivity index (χ4v) is 0.788. The van der Waals surface area contributed by atoms with E-state index < -0.39 is 0 Å². The summed E-state index contributed by atoms with van der Waals surface area (Å²) in [5.41, 5.74) is 17.1. The number of furan rings is 1. The first-order valence-electron chi connectivity index (χ1n) is 3.08. The third-order valence-electron chi connectivity index (χ3n) is 1.41. The lowest BCUT2D eigenvalue weighted by Crippen LogP contribution is -1.94. The van der Waals surface area contributed by atoms with Crippen LogP contribution in [0.2, 0.25) is 0 Å². The predicted octanol–water partition coefficient (Wildman–Crippen LogP) is 0.589. The summed E-state index contributed by atoms with van der Waals surface area (Å²) in [6, 6.07) is 0. The molecule has 0 saturated heterocycles. The first-order valence-corrected chi connectivity index (χ1v) is 3.08. The minimum Gasteiger partial charge on any atom is -0.441 e. The molecule has 4 heteroatoms. The highest BCUT2D eigenvalue weighted by atomic mass is 16.4. The predicted molar refractivity (Wildman–Crippen MR) is 41.3 cm³/mol. The fourth-order valence-electron chi connectivity index (χ4n) is 0.788. The van der Waals surface area contributed by atoms with Crippen molar-refractivity contribution in [1.29, 1.82) is 0 Å². The van der Waals surface area contributed by atoms with Gasteiger partial charge in [0.2, 0.25) is 5.88 Å². The number of hydrogen-bond donors (Lipinski definition) is 3. The Morgan fingerprint density at radius 2 is 1.80 bits per heavy atom. The fraction of sp³-hybridized carbons (Fsp3) is 0.333. The molecule has 0 aromatic carbocycles. The average Bonchev–Trinajstić information content (AvgIpc) is 2.17. The van der Waals surface area contributed by atoms with Crippen LogP contribution in [0.3, 0.4) is 0 Å². The smallest absolute Gasteiger partial charge is 0.215 e. The Labute approximate surface area is 59.0 Å². The zero-order chi connectivity index (χ0) is 7.72. The molecule has 10 heavy (non-hydrogen) atoms. The Kier molecular flexibility index (Phi) is 1.45. The molecule has 1 rings (SSSR count). The third-order valence-corrected chi connectivity index (χ3v) is 1.41. The van der Waals surface area contributed by atoms with Crippen molar-refractivity contribution in [3.8, 4) is 0 Å². The standard InChI is InChI=1S/C6H11N3O/c1-2-3-4(7)5(8)6(9)10-3/h2,7-9H2,1H3. The van der Waals surface area contributed by atoms with Gasteiger partial charge < -0.3 is 21.6 Å². The van der Waals surface area contributed by atoms with Gasteiger partial charge in [-0.3, -0.25) is 0 Å². The first-order chi connectivity index (χ1) is 4.66. The van der Waals surface area contributed by atoms with Crippen LogP contribution in [0.15, 0.2) is 4.42 Å². The van der Waals surface area contributed by atoms with Crippen LogP contribution in [0.25, 0.3) is 0 Å². The minimum absolute atomic E-state index is 0.217. The van der Waals surface area contributed by atoms with Crippen molar-refractivity contribution in [2.75, 3.05) is 17.2 Å². The number of aryl methyl sites for hydroxylation is 1.